The summed E-state index contributed by atoms with van der Waals surface area (Å²) in [7, 11) is 0. The van der Waals surface area contributed by atoms with Gasteiger partial charge in [0.15, 0.2) is 0 Å². The van der Waals surface area contributed by atoms with Crippen molar-refractivity contribution in [3.05, 3.63) is 125 Å². The Labute approximate surface area is 290 Å². The highest BCUT2D eigenvalue weighted by Gasteiger charge is 2.50. The van der Waals surface area contributed by atoms with Gasteiger partial charge in [-0.2, -0.15) is 13.2 Å². The highest BCUT2D eigenvalue weighted by atomic mass is 19.4. The normalized spacial score (nSPS) is 13.3. The molecule has 0 bridgehead atoms. The first-order valence-corrected chi connectivity index (χ1v) is 16.0. The molecule has 0 unspecified atom stereocenters. The topological polar surface area (TPSA) is 150 Å². The molecule has 1 fully saturated rings. The molecule has 13 heteroatoms. The van der Waals surface area contributed by atoms with E-state index >= 15 is 0 Å². The number of benzene rings is 4. The molecule has 0 aliphatic carbocycles. The first kappa shape index (κ1) is 36.3. The summed E-state index contributed by atoms with van der Waals surface area (Å²) >= 11 is 0. The Bertz CT molecular complexity index is 1920. The molecule has 1 aliphatic rings. The Morgan fingerprint density at radius 1 is 0.725 bits per heavy atom. The van der Waals surface area contributed by atoms with E-state index in [1.165, 1.54) is 60.7 Å². The summed E-state index contributed by atoms with van der Waals surface area (Å²) in [6, 6.07) is 22.1. The number of amides is 2. The van der Waals surface area contributed by atoms with Crippen molar-refractivity contribution in [1.29, 1.82) is 0 Å². The average Bonchev–Trinajstić information content (AvgIpc) is 3.12. The van der Waals surface area contributed by atoms with Crippen molar-refractivity contribution in [3.63, 3.8) is 0 Å². The minimum absolute atomic E-state index is 0.0669. The Morgan fingerprint density at radius 2 is 1.35 bits per heavy atom. The molecule has 5 rings (SSSR count). The zero-order valence-corrected chi connectivity index (χ0v) is 27.1. The maximum atomic E-state index is 13.8. The second-order valence-corrected chi connectivity index (χ2v) is 12.0. The predicted octanol–water partition coefficient (Wildman–Crippen LogP) is 6.44. The first-order chi connectivity index (χ1) is 24.3. The Morgan fingerprint density at radius 3 is 1.98 bits per heavy atom. The summed E-state index contributed by atoms with van der Waals surface area (Å²) in [5, 5.41) is 22.5. The number of esters is 1. The van der Waals surface area contributed by atoms with Crippen LogP contribution in [0.15, 0.2) is 97.1 Å². The number of alkyl halides is 3. The smallest absolute Gasteiger partial charge is 0.416 e. The number of nitrogens with zero attached hydrogens (tertiary/aromatic N) is 1. The zero-order chi connectivity index (χ0) is 36.8. The average molecular weight is 703 g/mol. The van der Waals surface area contributed by atoms with Gasteiger partial charge in [-0.15, -0.1) is 0 Å². The van der Waals surface area contributed by atoms with Crippen LogP contribution in [-0.4, -0.2) is 64.5 Å². The Hall–Kier alpha value is -5.98. The molecular formula is C38H33F3N2O8. The van der Waals surface area contributed by atoms with Gasteiger partial charge in [0.25, 0.3) is 11.8 Å². The zero-order valence-electron chi connectivity index (χ0n) is 27.1. The second kappa shape index (κ2) is 15.3. The number of carbonyl (C=O) groups excluding carboxylic acids is 3. The fourth-order valence-corrected chi connectivity index (χ4v) is 5.89. The molecule has 0 aromatic heterocycles. The lowest BCUT2D eigenvalue weighted by Crippen LogP contribution is -2.48. The maximum absolute atomic E-state index is 13.8. The molecule has 3 N–H and O–H groups in total. The molecule has 1 saturated heterocycles. The molecule has 0 atom stereocenters. The van der Waals surface area contributed by atoms with Gasteiger partial charge in [-0.3, -0.25) is 24.0 Å². The molecule has 0 saturated carbocycles. The highest BCUT2D eigenvalue weighted by Crippen LogP contribution is 2.33. The van der Waals surface area contributed by atoms with E-state index in [-0.39, 0.29) is 27.9 Å². The monoisotopic (exact) mass is 702 g/mol. The number of rotatable bonds is 11. The van der Waals surface area contributed by atoms with E-state index in [1.807, 2.05) is 0 Å². The Balaban J connectivity index is 1.40. The Kier molecular flexibility index (Phi) is 10.9. The quantitative estimate of drug-likeness (QED) is 0.119. The number of anilines is 1. The van der Waals surface area contributed by atoms with E-state index in [2.05, 4.69) is 5.32 Å². The van der Waals surface area contributed by atoms with Crippen LogP contribution < -0.4 is 5.32 Å². The van der Waals surface area contributed by atoms with Gasteiger partial charge in [0.1, 0.15) is 6.61 Å². The third-order valence-corrected chi connectivity index (χ3v) is 8.70. The van der Waals surface area contributed by atoms with Crippen molar-refractivity contribution in [2.24, 2.45) is 0 Å². The lowest BCUT2D eigenvalue weighted by atomic mass is 9.81. The van der Waals surface area contributed by atoms with Crippen LogP contribution in [0.1, 0.15) is 56.7 Å². The van der Waals surface area contributed by atoms with E-state index in [0.29, 0.717) is 24.2 Å². The van der Waals surface area contributed by atoms with E-state index in [0.717, 1.165) is 31.4 Å². The number of hydrogen-bond acceptors (Lipinski definition) is 6. The van der Waals surface area contributed by atoms with Crippen molar-refractivity contribution in [2.45, 2.75) is 37.3 Å². The molecule has 2 amide bonds. The van der Waals surface area contributed by atoms with E-state index in [4.69, 9.17) is 4.74 Å². The largest absolute Gasteiger partial charge is 0.480 e. The molecule has 4 aromatic rings. The first-order valence-electron chi connectivity index (χ1n) is 16.0. The van der Waals surface area contributed by atoms with Crippen molar-refractivity contribution in [1.82, 2.24) is 4.90 Å². The van der Waals surface area contributed by atoms with Crippen LogP contribution in [0, 0.1) is 0 Å². The van der Waals surface area contributed by atoms with E-state index < -0.39 is 59.9 Å². The van der Waals surface area contributed by atoms with Crippen LogP contribution in [0.5, 0.6) is 0 Å². The standard InChI is InChI=1S/C38H33F3N2O8/c39-38(40,41)27-16-14-25(15-17-27)28-11-5-6-12-29(28)33(45)42-31-18-13-24(21-30(31)34(46)43-19-7-2-8-20-43)22-32(44)51-23-37(35(47)48,36(49)50)26-9-3-1-4-10-26/h1,3-6,9-18,21H,2,7-8,19-20,22-23H2,(H,42,45)(H,47,48)(H,49,50). The van der Waals surface area contributed by atoms with Crippen LogP contribution in [0.25, 0.3) is 11.1 Å². The van der Waals surface area contributed by atoms with Gasteiger partial charge >= 0.3 is 24.1 Å². The number of ether oxygens (including phenoxy) is 1. The summed E-state index contributed by atoms with van der Waals surface area (Å²) in [6.45, 7) is -0.0467. The van der Waals surface area contributed by atoms with Crippen molar-refractivity contribution in [2.75, 3.05) is 25.0 Å². The lowest BCUT2D eigenvalue weighted by molar-refractivity contribution is -0.164. The molecule has 1 heterocycles. The number of hydrogen-bond donors (Lipinski definition) is 3. The molecule has 1 aliphatic heterocycles. The molecular weight excluding hydrogens is 669 g/mol. The van der Waals surface area contributed by atoms with Gasteiger partial charge in [0.2, 0.25) is 5.41 Å². The maximum Gasteiger partial charge on any atom is 0.416 e. The summed E-state index contributed by atoms with van der Waals surface area (Å²) in [5.41, 5.74) is -2.15. The van der Waals surface area contributed by atoms with Crippen molar-refractivity contribution >= 4 is 35.4 Å². The van der Waals surface area contributed by atoms with Gasteiger partial charge < -0.3 is 25.2 Å². The van der Waals surface area contributed by atoms with Crippen LogP contribution in [0.4, 0.5) is 18.9 Å². The molecule has 10 nitrogen and oxygen atoms in total. The SMILES string of the molecule is O=C(Cc1ccc(NC(=O)c2ccccc2-c2ccc(C(F)(F)F)cc2)c(C(=O)N2CCCCC2)c1)OCC(C(=O)O)(C(=O)O)c1ccccc1. The van der Waals surface area contributed by atoms with Gasteiger partial charge in [-0.1, -0.05) is 66.7 Å². The number of halogens is 3. The molecule has 4 aromatic carbocycles. The summed E-state index contributed by atoms with van der Waals surface area (Å²) in [5.74, 6) is -5.43. The molecule has 264 valence electrons. The number of piperidine rings is 1. The van der Waals surface area contributed by atoms with Gasteiger partial charge in [-0.05, 0) is 71.8 Å². The number of aliphatic carboxylic acids is 2. The molecule has 0 spiro atoms. The third-order valence-electron chi connectivity index (χ3n) is 8.70. The van der Waals surface area contributed by atoms with E-state index in [1.54, 1.807) is 29.2 Å². The van der Waals surface area contributed by atoms with Crippen LogP contribution >= 0.6 is 0 Å². The molecule has 51 heavy (non-hydrogen) atoms. The number of likely N-dealkylation sites (tertiary alicyclic amines) is 1. The van der Waals surface area contributed by atoms with Gasteiger partial charge in [0, 0.05) is 18.7 Å². The summed E-state index contributed by atoms with van der Waals surface area (Å²) in [4.78, 5) is 66.4. The fourth-order valence-electron chi connectivity index (χ4n) is 5.89. The van der Waals surface area contributed by atoms with Crippen LogP contribution in [0.3, 0.4) is 0 Å². The van der Waals surface area contributed by atoms with Crippen LogP contribution in [-0.2, 0) is 37.1 Å². The lowest BCUT2D eigenvalue weighted by Gasteiger charge is -2.28. The number of carboxylic acid groups (broad SMARTS) is 2. The fraction of sp³-hybridized carbons (Fsp3) is 0.237. The summed E-state index contributed by atoms with van der Waals surface area (Å²) < 4.78 is 44.7. The predicted molar refractivity (Wildman–Crippen MR) is 179 cm³/mol. The van der Waals surface area contributed by atoms with Crippen LogP contribution in [0.2, 0.25) is 0 Å². The number of nitrogens with one attached hydrogen (secondary N) is 1. The van der Waals surface area contributed by atoms with Crippen molar-refractivity contribution in [3.8, 4) is 11.1 Å². The third kappa shape index (κ3) is 8.09. The molecule has 0 radical (unpaired) electrons. The highest BCUT2D eigenvalue weighted by molar-refractivity contribution is 6.12. The van der Waals surface area contributed by atoms with Gasteiger partial charge in [0.05, 0.1) is 23.2 Å². The number of carboxylic acids is 2. The van der Waals surface area contributed by atoms with E-state index in [9.17, 15) is 47.4 Å². The van der Waals surface area contributed by atoms with Crippen molar-refractivity contribution < 1.29 is 52.1 Å². The van der Waals surface area contributed by atoms with Gasteiger partial charge in [-0.25, -0.2) is 0 Å². The summed E-state index contributed by atoms with van der Waals surface area (Å²) in [6.07, 6.45) is -2.49. The minimum atomic E-state index is -4.53. The number of carbonyl (C=O) groups is 5. The second-order valence-electron chi connectivity index (χ2n) is 12.0. The minimum Gasteiger partial charge on any atom is -0.480 e.